The number of carbonyl (C=O) groups excluding carboxylic acids is 1. The SMILES string of the molecule is Nc1ccc(-c2ccoc2)cc1NC(=O)c1ccc(CN2CCOCC2)cc1. The Labute approximate surface area is 163 Å². The number of ether oxygens (including phenoxy) is 1. The molecule has 1 aliphatic rings. The molecule has 6 heteroatoms. The zero-order valence-electron chi connectivity index (χ0n) is 15.6. The van der Waals surface area contributed by atoms with Gasteiger partial charge in [-0.05, 0) is 41.5 Å². The molecule has 0 unspecified atom stereocenters. The highest BCUT2D eigenvalue weighted by molar-refractivity contribution is 6.06. The van der Waals surface area contributed by atoms with Crippen molar-refractivity contribution in [2.75, 3.05) is 37.4 Å². The molecule has 0 spiro atoms. The highest BCUT2D eigenvalue weighted by Crippen LogP contribution is 2.28. The summed E-state index contributed by atoms with van der Waals surface area (Å²) in [4.78, 5) is 15.0. The largest absolute Gasteiger partial charge is 0.472 e. The Bertz CT molecular complexity index is 930. The van der Waals surface area contributed by atoms with E-state index in [4.69, 9.17) is 14.9 Å². The van der Waals surface area contributed by atoms with E-state index in [9.17, 15) is 4.79 Å². The molecule has 28 heavy (non-hydrogen) atoms. The van der Waals surface area contributed by atoms with E-state index in [0.717, 1.165) is 44.0 Å². The lowest BCUT2D eigenvalue weighted by atomic mass is 10.1. The van der Waals surface area contributed by atoms with Crippen molar-refractivity contribution < 1.29 is 13.9 Å². The van der Waals surface area contributed by atoms with Gasteiger partial charge in [0, 0.05) is 30.8 Å². The van der Waals surface area contributed by atoms with Crippen molar-refractivity contribution in [1.29, 1.82) is 0 Å². The van der Waals surface area contributed by atoms with Gasteiger partial charge in [0.05, 0.1) is 37.1 Å². The minimum Gasteiger partial charge on any atom is -0.472 e. The van der Waals surface area contributed by atoms with E-state index in [2.05, 4.69) is 10.2 Å². The summed E-state index contributed by atoms with van der Waals surface area (Å²) in [5.41, 5.74) is 10.8. The number of nitrogens with zero attached hydrogens (tertiary/aromatic N) is 1. The number of hydrogen-bond donors (Lipinski definition) is 2. The number of nitrogens with two attached hydrogens (primary N) is 1. The van der Waals surface area contributed by atoms with Crippen molar-refractivity contribution in [3.63, 3.8) is 0 Å². The number of carbonyl (C=O) groups is 1. The van der Waals surface area contributed by atoms with E-state index >= 15 is 0 Å². The molecule has 0 aliphatic carbocycles. The maximum absolute atomic E-state index is 12.7. The third-order valence-electron chi connectivity index (χ3n) is 4.88. The van der Waals surface area contributed by atoms with Gasteiger partial charge in [-0.15, -0.1) is 0 Å². The van der Waals surface area contributed by atoms with Gasteiger partial charge in [0.15, 0.2) is 0 Å². The lowest BCUT2D eigenvalue weighted by Gasteiger charge is -2.26. The van der Waals surface area contributed by atoms with Crippen molar-refractivity contribution in [2.45, 2.75) is 6.54 Å². The summed E-state index contributed by atoms with van der Waals surface area (Å²) in [6.45, 7) is 4.30. The van der Waals surface area contributed by atoms with Gasteiger partial charge < -0.3 is 20.2 Å². The molecular weight excluding hydrogens is 354 g/mol. The number of nitrogens with one attached hydrogen (secondary N) is 1. The minimum atomic E-state index is -0.186. The normalized spacial score (nSPS) is 14.7. The Hall–Kier alpha value is -3.09. The molecule has 0 atom stereocenters. The molecule has 3 aromatic rings. The molecular formula is C22H23N3O3. The van der Waals surface area contributed by atoms with Gasteiger partial charge in [0.25, 0.3) is 5.91 Å². The van der Waals surface area contributed by atoms with Crippen molar-refractivity contribution in [2.24, 2.45) is 0 Å². The van der Waals surface area contributed by atoms with Crippen LogP contribution in [0, 0.1) is 0 Å². The number of furan rings is 1. The maximum Gasteiger partial charge on any atom is 0.255 e. The second kappa shape index (κ2) is 8.29. The van der Waals surface area contributed by atoms with Crippen LogP contribution in [-0.4, -0.2) is 37.1 Å². The summed E-state index contributed by atoms with van der Waals surface area (Å²) in [6, 6.07) is 15.1. The lowest BCUT2D eigenvalue weighted by molar-refractivity contribution is 0.0342. The first-order chi connectivity index (χ1) is 13.7. The van der Waals surface area contributed by atoms with Crippen LogP contribution in [0.2, 0.25) is 0 Å². The highest BCUT2D eigenvalue weighted by atomic mass is 16.5. The summed E-state index contributed by atoms with van der Waals surface area (Å²) in [5.74, 6) is -0.186. The predicted octanol–water partition coefficient (Wildman–Crippen LogP) is 3.61. The van der Waals surface area contributed by atoms with Gasteiger partial charge in [-0.3, -0.25) is 9.69 Å². The van der Waals surface area contributed by atoms with E-state index < -0.39 is 0 Å². The molecule has 0 bridgehead atoms. The van der Waals surface area contributed by atoms with E-state index in [1.165, 1.54) is 5.56 Å². The van der Waals surface area contributed by atoms with Crippen LogP contribution >= 0.6 is 0 Å². The van der Waals surface area contributed by atoms with Gasteiger partial charge in [0.2, 0.25) is 0 Å². The molecule has 4 rings (SSSR count). The Morgan fingerprint density at radius 1 is 1.04 bits per heavy atom. The molecule has 2 aromatic carbocycles. The monoisotopic (exact) mass is 377 g/mol. The second-order valence-corrected chi connectivity index (χ2v) is 6.85. The molecule has 1 amide bonds. The summed E-state index contributed by atoms with van der Waals surface area (Å²) in [7, 11) is 0. The molecule has 1 aliphatic heterocycles. The van der Waals surface area contributed by atoms with E-state index in [0.29, 0.717) is 16.9 Å². The van der Waals surface area contributed by atoms with Crippen molar-refractivity contribution in [3.8, 4) is 11.1 Å². The number of hydrogen-bond acceptors (Lipinski definition) is 5. The van der Waals surface area contributed by atoms with Crippen LogP contribution in [0.15, 0.2) is 65.5 Å². The Morgan fingerprint density at radius 2 is 1.82 bits per heavy atom. The van der Waals surface area contributed by atoms with Crippen LogP contribution in [-0.2, 0) is 11.3 Å². The minimum absolute atomic E-state index is 0.186. The molecule has 3 N–H and O–H groups in total. The van der Waals surface area contributed by atoms with Gasteiger partial charge in [0.1, 0.15) is 0 Å². The first-order valence-electron chi connectivity index (χ1n) is 9.31. The second-order valence-electron chi connectivity index (χ2n) is 6.85. The fourth-order valence-corrected chi connectivity index (χ4v) is 3.25. The van der Waals surface area contributed by atoms with Gasteiger partial charge in [-0.25, -0.2) is 0 Å². The fourth-order valence-electron chi connectivity index (χ4n) is 3.25. The number of nitrogen functional groups attached to an aromatic ring is 1. The van der Waals surface area contributed by atoms with Crippen LogP contribution in [0.1, 0.15) is 15.9 Å². The lowest BCUT2D eigenvalue weighted by Crippen LogP contribution is -2.35. The third-order valence-corrected chi connectivity index (χ3v) is 4.88. The van der Waals surface area contributed by atoms with Crippen LogP contribution in [0.4, 0.5) is 11.4 Å². The first-order valence-corrected chi connectivity index (χ1v) is 9.31. The Morgan fingerprint density at radius 3 is 2.54 bits per heavy atom. The number of anilines is 2. The van der Waals surface area contributed by atoms with E-state index in [-0.39, 0.29) is 5.91 Å². The zero-order chi connectivity index (χ0) is 19.3. The summed E-state index contributed by atoms with van der Waals surface area (Å²) >= 11 is 0. The molecule has 1 fully saturated rings. The molecule has 0 saturated carbocycles. The zero-order valence-corrected chi connectivity index (χ0v) is 15.6. The van der Waals surface area contributed by atoms with Crippen LogP contribution < -0.4 is 11.1 Å². The van der Waals surface area contributed by atoms with Crippen LogP contribution in [0.5, 0.6) is 0 Å². The average Bonchev–Trinajstić information content (AvgIpc) is 3.26. The van der Waals surface area contributed by atoms with Crippen LogP contribution in [0.25, 0.3) is 11.1 Å². The van der Waals surface area contributed by atoms with Crippen molar-refractivity contribution >= 4 is 17.3 Å². The molecule has 0 radical (unpaired) electrons. The molecule has 2 heterocycles. The highest BCUT2D eigenvalue weighted by Gasteiger charge is 2.13. The van der Waals surface area contributed by atoms with Gasteiger partial charge in [-0.1, -0.05) is 18.2 Å². The molecule has 1 aromatic heterocycles. The maximum atomic E-state index is 12.7. The Kier molecular flexibility index (Phi) is 5.41. The van der Waals surface area contributed by atoms with Crippen molar-refractivity contribution in [1.82, 2.24) is 4.90 Å². The van der Waals surface area contributed by atoms with E-state index in [1.807, 2.05) is 42.5 Å². The van der Waals surface area contributed by atoms with Crippen LogP contribution in [0.3, 0.4) is 0 Å². The Balaban J connectivity index is 1.44. The first kappa shape index (κ1) is 18.3. The number of rotatable bonds is 5. The molecule has 144 valence electrons. The predicted molar refractivity (Wildman–Crippen MR) is 109 cm³/mol. The van der Waals surface area contributed by atoms with Gasteiger partial charge in [-0.2, -0.15) is 0 Å². The number of amides is 1. The molecule has 1 saturated heterocycles. The molecule has 6 nitrogen and oxygen atoms in total. The summed E-state index contributed by atoms with van der Waals surface area (Å²) in [6.07, 6.45) is 3.27. The number of morpholine rings is 1. The van der Waals surface area contributed by atoms with Crippen molar-refractivity contribution in [3.05, 3.63) is 72.2 Å². The topological polar surface area (TPSA) is 80.7 Å². The third kappa shape index (κ3) is 4.24. The average molecular weight is 377 g/mol. The van der Waals surface area contributed by atoms with E-state index in [1.54, 1.807) is 18.6 Å². The number of benzene rings is 2. The van der Waals surface area contributed by atoms with Gasteiger partial charge >= 0.3 is 0 Å². The summed E-state index contributed by atoms with van der Waals surface area (Å²) < 4.78 is 10.5. The standard InChI is InChI=1S/C22H23N3O3/c23-20-6-5-18(19-7-10-28-15-19)13-21(20)24-22(26)17-3-1-16(2-4-17)14-25-8-11-27-12-9-25/h1-7,10,13,15H,8-9,11-12,14,23H2,(H,24,26). The quantitative estimate of drug-likeness (QED) is 0.664. The summed E-state index contributed by atoms with van der Waals surface area (Å²) in [5, 5.41) is 2.91. The fraction of sp³-hybridized carbons (Fsp3) is 0.227. The smallest absolute Gasteiger partial charge is 0.255 e.